The maximum absolute atomic E-state index is 12.5. The zero-order valence-electron chi connectivity index (χ0n) is 13.8. The van der Waals surface area contributed by atoms with E-state index in [-0.39, 0.29) is 17.3 Å². The van der Waals surface area contributed by atoms with E-state index in [0.29, 0.717) is 18.7 Å². The Labute approximate surface area is 138 Å². The van der Waals surface area contributed by atoms with Gasteiger partial charge in [0, 0.05) is 20.1 Å². The van der Waals surface area contributed by atoms with E-state index in [4.69, 9.17) is 5.26 Å². The lowest BCUT2D eigenvalue weighted by molar-refractivity contribution is -0.131. The lowest BCUT2D eigenvalue weighted by Crippen LogP contribution is -2.41. The minimum Gasteiger partial charge on any atom is -0.342 e. The average Bonchev–Trinajstić information content (AvgIpc) is 2.55. The number of sulfonamides is 1. The van der Waals surface area contributed by atoms with Crippen LogP contribution < -0.4 is 0 Å². The molecule has 1 aromatic rings. The minimum absolute atomic E-state index is 0.0726. The van der Waals surface area contributed by atoms with Gasteiger partial charge in [0.1, 0.15) is 0 Å². The van der Waals surface area contributed by atoms with Crippen LogP contribution in [0.15, 0.2) is 29.2 Å². The Morgan fingerprint density at radius 3 is 2.30 bits per heavy atom. The van der Waals surface area contributed by atoms with E-state index in [2.05, 4.69) is 0 Å². The van der Waals surface area contributed by atoms with Crippen LogP contribution in [-0.4, -0.2) is 50.2 Å². The summed E-state index contributed by atoms with van der Waals surface area (Å²) in [7, 11) is -2.36. The van der Waals surface area contributed by atoms with Crippen LogP contribution in [0.3, 0.4) is 0 Å². The standard InChI is InChI=1S/C16H23N3O3S/c1-4-6-11-19(5-2)16(20)13-18(3)23(21,22)15-9-7-14(12-17)8-10-15/h7-10H,4-6,11,13H2,1-3H3. The molecule has 0 saturated heterocycles. The highest BCUT2D eigenvalue weighted by atomic mass is 32.2. The Balaban J connectivity index is 2.83. The number of carbonyl (C=O) groups is 1. The third-order valence-corrected chi connectivity index (χ3v) is 5.38. The van der Waals surface area contributed by atoms with Crippen LogP contribution in [-0.2, 0) is 14.8 Å². The smallest absolute Gasteiger partial charge is 0.243 e. The molecule has 0 N–H and O–H groups in total. The quantitative estimate of drug-likeness (QED) is 0.724. The molecule has 0 fully saturated rings. The molecule has 1 rings (SSSR count). The maximum atomic E-state index is 12.5. The number of nitrogens with zero attached hydrogens (tertiary/aromatic N) is 3. The monoisotopic (exact) mass is 337 g/mol. The molecule has 1 aromatic carbocycles. The number of amides is 1. The number of rotatable bonds is 8. The van der Waals surface area contributed by atoms with E-state index in [9.17, 15) is 13.2 Å². The lowest BCUT2D eigenvalue weighted by Gasteiger charge is -2.24. The largest absolute Gasteiger partial charge is 0.342 e. The SMILES string of the molecule is CCCCN(CC)C(=O)CN(C)S(=O)(=O)c1ccc(C#N)cc1. The maximum Gasteiger partial charge on any atom is 0.243 e. The first kappa shape index (κ1) is 19.1. The summed E-state index contributed by atoms with van der Waals surface area (Å²) in [4.78, 5) is 14.0. The summed E-state index contributed by atoms with van der Waals surface area (Å²) in [5, 5.41) is 8.76. The van der Waals surface area contributed by atoms with Gasteiger partial charge in [0.2, 0.25) is 15.9 Å². The van der Waals surface area contributed by atoms with Crippen molar-refractivity contribution in [1.29, 1.82) is 5.26 Å². The van der Waals surface area contributed by atoms with Crippen LogP contribution in [0.25, 0.3) is 0 Å². The lowest BCUT2D eigenvalue weighted by atomic mass is 10.2. The van der Waals surface area contributed by atoms with E-state index < -0.39 is 10.0 Å². The molecule has 0 aliphatic carbocycles. The number of carbonyl (C=O) groups excluding carboxylic acids is 1. The number of nitriles is 1. The number of hydrogen-bond acceptors (Lipinski definition) is 4. The molecule has 0 saturated carbocycles. The Hall–Kier alpha value is -1.91. The van der Waals surface area contributed by atoms with Crippen LogP contribution in [0, 0.1) is 11.3 Å². The number of likely N-dealkylation sites (N-methyl/N-ethyl adjacent to an activating group) is 2. The van der Waals surface area contributed by atoms with Gasteiger partial charge in [-0.05, 0) is 37.6 Å². The molecule has 0 aromatic heterocycles. The zero-order valence-corrected chi connectivity index (χ0v) is 14.6. The first-order chi connectivity index (χ1) is 10.9. The summed E-state index contributed by atoms with van der Waals surface area (Å²) in [5.41, 5.74) is 0.388. The third-order valence-electron chi connectivity index (χ3n) is 3.57. The van der Waals surface area contributed by atoms with Crippen LogP contribution in [0.1, 0.15) is 32.3 Å². The van der Waals surface area contributed by atoms with Crippen molar-refractivity contribution in [3.63, 3.8) is 0 Å². The molecule has 0 unspecified atom stereocenters. The van der Waals surface area contributed by atoms with Gasteiger partial charge in [-0.25, -0.2) is 8.42 Å². The average molecular weight is 337 g/mol. The Morgan fingerprint density at radius 2 is 1.83 bits per heavy atom. The van der Waals surface area contributed by atoms with Gasteiger partial charge in [-0.1, -0.05) is 13.3 Å². The second kappa shape index (κ2) is 8.65. The van der Waals surface area contributed by atoms with Crippen LogP contribution >= 0.6 is 0 Å². The Morgan fingerprint density at radius 1 is 1.22 bits per heavy atom. The van der Waals surface area contributed by atoms with Crippen LogP contribution in [0.2, 0.25) is 0 Å². The van der Waals surface area contributed by atoms with E-state index in [1.54, 1.807) is 4.90 Å². The minimum atomic E-state index is -3.74. The highest BCUT2D eigenvalue weighted by Crippen LogP contribution is 2.15. The van der Waals surface area contributed by atoms with Crippen molar-refractivity contribution in [2.24, 2.45) is 0 Å². The fourth-order valence-electron chi connectivity index (χ4n) is 2.06. The van der Waals surface area contributed by atoms with Crippen LogP contribution in [0.4, 0.5) is 0 Å². The van der Waals surface area contributed by atoms with Crippen molar-refractivity contribution in [2.45, 2.75) is 31.6 Å². The van der Waals surface area contributed by atoms with E-state index in [0.717, 1.165) is 17.1 Å². The molecule has 1 amide bonds. The normalized spacial score (nSPS) is 11.3. The van der Waals surface area contributed by atoms with Crippen molar-refractivity contribution in [3.8, 4) is 6.07 Å². The van der Waals surface area contributed by atoms with E-state index in [1.807, 2.05) is 19.9 Å². The molecule has 0 radical (unpaired) electrons. The topological polar surface area (TPSA) is 81.5 Å². The summed E-state index contributed by atoms with van der Waals surface area (Å²) in [6.45, 7) is 4.92. The molecule has 0 atom stereocenters. The molecular weight excluding hydrogens is 314 g/mol. The molecule has 0 aliphatic heterocycles. The van der Waals surface area contributed by atoms with Crippen molar-refractivity contribution >= 4 is 15.9 Å². The van der Waals surface area contributed by atoms with Crippen molar-refractivity contribution in [1.82, 2.24) is 9.21 Å². The summed E-state index contributed by atoms with van der Waals surface area (Å²) in [6.07, 6.45) is 1.87. The molecule has 0 spiro atoms. The molecule has 126 valence electrons. The predicted octanol–water partition coefficient (Wildman–Crippen LogP) is 1.83. The van der Waals surface area contributed by atoms with Crippen LogP contribution in [0.5, 0.6) is 0 Å². The Kier molecular flexibility index (Phi) is 7.20. The molecule has 23 heavy (non-hydrogen) atoms. The van der Waals surface area contributed by atoms with Crippen molar-refractivity contribution in [2.75, 3.05) is 26.7 Å². The van der Waals surface area contributed by atoms with E-state index >= 15 is 0 Å². The predicted molar refractivity (Wildman–Crippen MR) is 88.1 cm³/mol. The van der Waals surface area contributed by atoms with Gasteiger partial charge in [0.15, 0.2) is 0 Å². The number of unbranched alkanes of at least 4 members (excludes halogenated alkanes) is 1. The number of hydrogen-bond donors (Lipinski definition) is 0. The van der Waals surface area contributed by atoms with Gasteiger partial charge >= 0.3 is 0 Å². The Bertz CT molecular complexity index is 663. The molecule has 0 heterocycles. The molecular formula is C16H23N3O3S. The fraction of sp³-hybridized carbons (Fsp3) is 0.500. The first-order valence-electron chi connectivity index (χ1n) is 7.61. The van der Waals surface area contributed by atoms with Gasteiger partial charge < -0.3 is 4.90 Å². The second-order valence-corrected chi connectivity index (χ2v) is 7.27. The second-order valence-electron chi connectivity index (χ2n) is 5.22. The molecule has 0 bridgehead atoms. The van der Waals surface area contributed by atoms with E-state index in [1.165, 1.54) is 31.3 Å². The summed E-state index contributed by atoms with van der Waals surface area (Å²) >= 11 is 0. The fourth-order valence-corrected chi connectivity index (χ4v) is 3.19. The van der Waals surface area contributed by atoms with Crippen molar-refractivity contribution in [3.05, 3.63) is 29.8 Å². The summed E-state index contributed by atoms with van der Waals surface area (Å²) in [6, 6.07) is 7.59. The molecule has 7 heteroatoms. The van der Waals surface area contributed by atoms with Gasteiger partial charge in [-0.15, -0.1) is 0 Å². The van der Waals surface area contributed by atoms with Gasteiger partial charge in [0.05, 0.1) is 23.1 Å². The number of benzene rings is 1. The highest BCUT2D eigenvalue weighted by molar-refractivity contribution is 7.89. The van der Waals surface area contributed by atoms with Crippen molar-refractivity contribution < 1.29 is 13.2 Å². The summed E-state index contributed by atoms with van der Waals surface area (Å²) < 4.78 is 26.0. The summed E-state index contributed by atoms with van der Waals surface area (Å²) in [5.74, 6) is -0.208. The van der Waals surface area contributed by atoms with Gasteiger partial charge in [0.25, 0.3) is 0 Å². The third kappa shape index (κ3) is 5.05. The van der Waals surface area contributed by atoms with Gasteiger partial charge in [-0.3, -0.25) is 4.79 Å². The first-order valence-corrected chi connectivity index (χ1v) is 9.05. The molecule has 6 nitrogen and oxygen atoms in total. The van der Waals surface area contributed by atoms with Gasteiger partial charge in [-0.2, -0.15) is 9.57 Å². The molecule has 0 aliphatic rings. The zero-order chi connectivity index (χ0) is 17.5. The highest BCUT2D eigenvalue weighted by Gasteiger charge is 2.24.